The third-order valence-electron chi connectivity index (χ3n) is 1.02. The number of hydrogen-bond acceptors (Lipinski definition) is 0. The Kier molecular flexibility index (Phi) is 1.93. The Morgan fingerprint density at radius 2 is 2.43 bits per heavy atom. The molecule has 7 heavy (non-hydrogen) atoms. The van der Waals surface area contributed by atoms with Gasteiger partial charge in [0.25, 0.3) is 0 Å². The van der Waals surface area contributed by atoms with Crippen LogP contribution >= 0.6 is 31.9 Å². The zero-order chi connectivity index (χ0) is 5.28. The average Bonchev–Trinajstić information content (AvgIpc) is 1.87. The fourth-order valence-corrected chi connectivity index (χ4v) is 2.09. The fourth-order valence-electron chi connectivity index (χ4n) is 0.639. The van der Waals surface area contributed by atoms with Gasteiger partial charge < -0.3 is 0 Å². The van der Waals surface area contributed by atoms with E-state index in [1.807, 2.05) is 0 Å². The lowest BCUT2D eigenvalue weighted by Gasteiger charge is -1.86. The first-order chi connectivity index (χ1) is 3.29. The quantitative estimate of drug-likeness (QED) is 0.557. The normalized spacial score (nSPS) is 30.6. The van der Waals surface area contributed by atoms with E-state index in [9.17, 15) is 0 Å². The van der Waals surface area contributed by atoms with Gasteiger partial charge in [-0.1, -0.05) is 37.9 Å². The zero-order valence-electron chi connectivity index (χ0n) is 3.82. The minimum absolute atomic E-state index is 0.627. The van der Waals surface area contributed by atoms with E-state index in [-0.39, 0.29) is 0 Å². The standard InChI is InChI=1S/C5H6Br2/c6-4-1-2-5(7)3-4/h3-4H,1-2H2. The van der Waals surface area contributed by atoms with Crippen LogP contribution in [0.1, 0.15) is 12.8 Å². The molecule has 2 heteroatoms. The number of rotatable bonds is 0. The van der Waals surface area contributed by atoms with Gasteiger partial charge in [0, 0.05) is 4.83 Å². The molecule has 0 radical (unpaired) electrons. The van der Waals surface area contributed by atoms with Crippen molar-refractivity contribution in [2.45, 2.75) is 17.7 Å². The van der Waals surface area contributed by atoms with Crippen LogP contribution in [0.25, 0.3) is 0 Å². The number of hydrogen-bond donors (Lipinski definition) is 0. The lowest BCUT2D eigenvalue weighted by molar-refractivity contribution is 0.951. The predicted molar refractivity (Wildman–Crippen MR) is 39.0 cm³/mol. The molecule has 0 bridgehead atoms. The van der Waals surface area contributed by atoms with Crippen molar-refractivity contribution >= 4 is 31.9 Å². The van der Waals surface area contributed by atoms with Crippen molar-refractivity contribution in [2.75, 3.05) is 0 Å². The van der Waals surface area contributed by atoms with Crippen molar-refractivity contribution < 1.29 is 0 Å². The summed E-state index contributed by atoms with van der Waals surface area (Å²) < 4.78 is 1.34. The van der Waals surface area contributed by atoms with Crippen molar-refractivity contribution in [3.05, 3.63) is 10.6 Å². The molecule has 0 aromatic heterocycles. The van der Waals surface area contributed by atoms with Crippen molar-refractivity contribution in [3.63, 3.8) is 0 Å². The third-order valence-corrected chi connectivity index (χ3v) is 2.40. The maximum absolute atomic E-state index is 3.47. The monoisotopic (exact) mass is 224 g/mol. The van der Waals surface area contributed by atoms with Gasteiger partial charge in [-0.25, -0.2) is 0 Å². The van der Waals surface area contributed by atoms with Gasteiger partial charge in [-0.05, 0) is 17.3 Å². The smallest absolute Gasteiger partial charge is 0.0339 e. The van der Waals surface area contributed by atoms with Crippen LogP contribution in [-0.2, 0) is 0 Å². The molecule has 1 aliphatic carbocycles. The van der Waals surface area contributed by atoms with Crippen molar-refractivity contribution in [3.8, 4) is 0 Å². The van der Waals surface area contributed by atoms with E-state index in [2.05, 4.69) is 37.9 Å². The van der Waals surface area contributed by atoms with Crippen LogP contribution in [0.5, 0.6) is 0 Å². The molecule has 0 aliphatic heterocycles. The minimum atomic E-state index is 0.627. The third kappa shape index (κ3) is 1.57. The van der Waals surface area contributed by atoms with Crippen molar-refractivity contribution in [1.82, 2.24) is 0 Å². The SMILES string of the molecule is BrC1=CC(Br)CC1. The van der Waals surface area contributed by atoms with E-state index >= 15 is 0 Å². The van der Waals surface area contributed by atoms with E-state index in [0.29, 0.717) is 4.83 Å². The second-order valence-electron chi connectivity index (χ2n) is 1.67. The first-order valence-corrected chi connectivity index (χ1v) is 4.00. The first kappa shape index (κ1) is 5.83. The Morgan fingerprint density at radius 1 is 1.71 bits per heavy atom. The number of allylic oxidation sites excluding steroid dienone is 2. The molecule has 0 fully saturated rings. The molecule has 0 nitrogen and oxygen atoms in total. The van der Waals surface area contributed by atoms with Crippen LogP contribution in [0.3, 0.4) is 0 Å². The average molecular weight is 226 g/mol. The highest BCUT2D eigenvalue weighted by molar-refractivity contribution is 9.12. The second-order valence-corrected chi connectivity index (χ2v) is 3.86. The van der Waals surface area contributed by atoms with Gasteiger partial charge in [-0.2, -0.15) is 0 Å². The van der Waals surface area contributed by atoms with E-state index in [1.165, 1.54) is 17.3 Å². The van der Waals surface area contributed by atoms with E-state index in [1.54, 1.807) is 0 Å². The molecular weight excluding hydrogens is 220 g/mol. The Labute approximate surface area is 60.2 Å². The topological polar surface area (TPSA) is 0 Å². The summed E-state index contributed by atoms with van der Waals surface area (Å²) in [6.07, 6.45) is 4.65. The maximum atomic E-state index is 3.47. The van der Waals surface area contributed by atoms with Gasteiger partial charge >= 0.3 is 0 Å². The van der Waals surface area contributed by atoms with Gasteiger partial charge in [0.1, 0.15) is 0 Å². The molecule has 0 amide bonds. The van der Waals surface area contributed by atoms with Gasteiger partial charge in [-0.15, -0.1) is 0 Å². The molecular formula is C5H6Br2. The summed E-state index contributed by atoms with van der Waals surface area (Å²) in [6.45, 7) is 0. The summed E-state index contributed by atoms with van der Waals surface area (Å²) in [7, 11) is 0. The molecule has 1 aliphatic rings. The van der Waals surface area contributed by atoms with Crippen LogP contribution < -0.4 is 0 Å². The molecule has 0 heterocycles. The predicted octanol–water partition coefficient (Wildman–Crippen LogP) is 2.82. The fraction of sp³-hybridized carbons (Fsp3) is 0.600. The zero-order valence-corrected chi connectivity index (χ0v) is 7.00. The number of alkyl halides is 1. The Bertz CT molecular complexity index is 96.3. The first-order valence-electron chi connectivity index (χ1n) is 2.29. The lowest BCUT2D eigenvalue weighted by atomic mass is 10.4. The van der Waals surface area contributed by atoms with Gasteiger partial charge in [0.2, 0.25) is 0 Å². The molecule has 1 unspecified atom stereocenters. The van der Waals surface area contributed by atoms with Gasteiger partial charge in [-0.3, -0.25) is 0 Å². The van der Waals surface area contributed by atoms with Crippen LogP contribution in [0.15, 0.2) is 10.6 Å². The Balaban J connectivity index is 2.50. The summed E-state index contributed by atoms with van der Waals surface area (Å²) in [4.78, 5) is 0.627. The molecule has 0 saturated carbocycles. The van der Waals surface area contributed by atoms with Gasteiger partial charge in [0.05, 0.1) is 0 Å². The van der Waals surface area contributed by atoms with Crippen LogP contribution in [0.4, 0.5) is 0 Å². The summed E-state index contributed by atoms with van der Waals surface area (Å²) in [5, 5.41) is 0. The van der Waals surface area contributed by atoms with E-state index in [0.717, 1.165) is 0 Å². The summed E-state index contributed by atoms with van der Waals surface area (Å²) in [6, 6.07) is 0. The van der Waals surface area contributed by atoms with Crippen LogP contribution in [-0.4, -0.2) is 4.83 Å². The molecule has 40 valence electrons. The highest BCUT2D eigenvalue weighted by atomic mass is 79.9. The van der Waals surface area contributed by atoms with E-state index in [4.69, 9.17) is 0 Å². The maximum Gasteiger partial charge on any atom is 0.0339 e. The summed E-state index contributed by atoms with van der Waals surface area (Å²) in [5.74, 6) is 0. The molecule has 0 spiro atoms. The summed E-state index contributed by atoms with van der Waals surface area (Å²) in [5.41, 5.74) is 0. The van der Waals surface area contributed by atoms with Crippen LogP contribution in [0, 0.1) is 0 Å². The van der Waals surface area contributed by atoms with Crippen LogP contribution in [0.2, 0.25) is 0 Å². The molecule has 1 rings (SSSR count). The molecule has 0 saturated heterocycles. The molecule has 0 aromatic rings. The van der Waals surface area contributed by atoms with Gasteiger partial charge in [0.15, 0.2) is 0 Å². The van der Waals surface area contributed by atoms with Crippen molar-refractivity contribution in [2.24, 2.45) is 0 Å². The molecule has 0 N–H and O–H groups in total. The molecule has 0 aromatic carbocycles. The Morgan fingerprint density at radius 3 is 2.57 bits per heavy atom. The lowest BCUT2D eigenvalue weighted by Crippen LogP contribution is -1.80. The minimum Gasteiger partial charge on any atom is -0.0845 e. The number of halogens is 2. The highest BCUT2D eigenvalue weighted by Crippen LogP contribution is 2.27. The Hall–Kier alpha value is 0.700. The molecule has 1 atom stereocenters. The highest BCUT2D eigenvalue weighted by Gasteiger charge is 2.08. The van der Waals surface area contributed by atoms with Crippen molar-refractivity contribution in [1.29, 1.82) is 0 Å². The second kappa shape index (κ2) is 2.31. The van der Waals surface area contributed by atoms with E-state index < -0.39 is 0 Å². The summed E-state index contributed by atoms with van der Waals surface area (Å²) >= 11 is 6.88. The largest absolute Gasteiger partial charge is 0.0845 e.